The molecule has 0 spiro atoms. The van der Waals surface area contributed by atoms with Crippen LogP contribution in [-0.2, 0) is 20.2 Å². The van der Waals surface area contributed by atoms with E-state index in [1.165, 1.54) is 0 Å². The zero-order valence-corrected chi connectivity index (χ0v) is 12.5. The summed E-state index contributed by atoms with van der Waals surface area (Å²) < 4.78 is 148. The van der Waals surface area contributed by atoms with Crippen LogP contribution >= 0.6 is 0 Å². The van der Waals surface area contributed by atoms with Crippen molar-refractivity contribution in [3.8, 4) is 0 Å². The highest BCUT2D eigenvalue weighted by Crippen LogP contribution is 2.48. The summed E-state index contributed by atoms with van der Waals surface area (Å²) in [5.41, 5.74) is -2.11. The molecule has 16 heteroatoms. The topological polar surface area (TPSA) is 109 Å². The molecule has 0 aromatic carbocycles. The number of halogens is 8. The van der Waals surface area contributed by atoms with E-state index in [1.807, 2.05) is 0 Å². The van der Waals surface area contributed by atoms with Crippen LogP contribution in [0.25, 0.3) is 0 Å². The summed E-state index contributed by atoms with van der Waals surface area (Å²) in [5, 5.41) is -6.61. The quantitative estimate of drug-likeness (QED) is 0.537. The molecule has 142 valence electrons. The van der Waals surface area contributed by atoms with E-state index in [9.17, 15) is 52.0 Å². The summed E-state index contributed by atoms with van der Waals surface area (Å²) in [7, 11) is -11.3. The fourth-order valence-electron chi connectivity index (χ4n) is 0.703. The third kappa shape index (κ3) is 6.34. The van der Waals surface area contributed by atoms with E-state index in [2.05, 4.69) is 0 Å². The minimum atomic E-state index is -6.85. The molecule has 0 amide bonds. The molecule has 0 aliphatic carbocycles. The smallest absolute Gasteiger partial charge is 0.283 e. The zero-order valence-electron chi connectivity index (χ0n) is 10.9. The Morgan fingerprint density at radius 1 is 0.913 bits per heavy atom. The molecule has 0 fully saturated rings. The maximum absolute atomic E-state index is 12.1. The third-order valence-corrected chi connectivity index (χ3v) is 3.67. The van der Waals surface area contributed by atoms with Crippen molar-refractivity contribution >= 4 is 20.2 Å². The van der Waals surface area contributed by atoms with Crippen molar-refractivity contribution in [2.45, 2.75) is 42.6 Å². The van der Waals surface area contributed by atoms with Gasteiger partial charge in [-0.25, -0.2) is 4.39 Å². The van der Waals surface area contributed by atoms with Crippen LogP contribution < -0.4 is 0 Å². The molecule has 2 N–H and O–H groups in total. The van der Waals surface area contributed by atoms with Gasteiger partial charge in [0, 0.05) is 0 Å². The molecular formula is C7H10F8O6S2. The summed E-state index contributed by atoms with van der Waals surface area (Å²) in [6.45, 7) is 1.64. The largest absolute Gasteiger partial charge is 0.461 e. The zero-order chi connectivity index (χ0) is 19.5. The second-order valence-electron chi connectivity index (χ2n) is 3.78. The Balaban J connectivity index is 0. The molecule has 6 nitrogen and oxygen atoms in total. The van der Waals surface area contributed by atoms with Gasteiger partial charge in [-0.15, -0.1) is 0 Å². The van der Waals surface area contributed by atoms with E-state index in [0.29, 0.717) is 6.42 Å². The molecule has 0 rings (SSSR count). The Hall–Kier alpha value is -0.740. The highest BCUT2D eigenvalue weighted by atomic mass is 32.2. The van der Waals surface area contributed by atoms with Crippen LogP contribution in [0.1, 0.15) is 19.8 Å². The van der Waals surface area contributed by atoms with E-state index in [0.717, 1.165) is 0 Å². The van der Waals surface area contributed by atoms with Gasteiger partial charge in [0.15, 0.2) is 0 Å². The molecule has 0 aliphatic heterocycles. The Kier molecular flexibility index (Phi) is 7.92. The molecule has 0 aromatic heterocycles. The van der Waals surface area contributed by atoms with Gasteiger partial charge in [-0.3, -0.25) is 9.11 Å². The predicted molar refractivity (Wildman–Crippen MR) is 58.9 cm³/mol. The molecule has 0 aliphatic rings. The Bertz CT molecular complexity index is 581. The van der Waals surface area contributed by atoms with Crippen molar-refractivity contribution in [1.82, 2.24) is 0 Å². The highest BCUT2D eigenvalue weighted by Gasteiger charge is 2.78. The van der Waals surface area contributed by atoms with Gasteiger partial charge in [0.2, 0.25) is 5.50 Å². The minimum Gasteiger partial charge on any atom is -0.283 e. The van der Waals surface area contributed by atoms with Crippen LogP contribution in [0.5, 0.6) is 0 Å². The second-order valence-corrected chi connectivity index (χ2v) is 6.78. The van der Waals surface area contributed by atoms with E-state index >= 15 is 0 Å². The van der Waals surface area contributed by atoms with Crippen molar-refractivity contribution in [1.29, 1.82) is 0 Å². The first-order chi connectivity index (χ1) is 9.73. The van der Waals surface area contributed by atoms with Gasteiger partial charge in [-0.05, 0) is 6.42 Å². The average Bonchev–Trinajstić information content (AvgIpc) is 2.25. The Morgan fingerprint density at radius 2 is 1.26 bits per heavy atom. The first-order valence-corrected chi connectivity index (χ1v) is 8.07. The summed E-state index contributed by atoms with van der Waals surface area (Å²) in [5.74, 6) is -6.85. The fourth-order valence-corrected chi connectivity index (χ4v) is 1.68. The highest BCUT2D eigenvalue weighted by molar-refractivity contribution is 7.87. The van der Waals surface area contributed by atoms with Crippen molar-refractivity contribution in [2.24, 2.45) is 0 Å². The minimum absolute atomic E-state index is 0.140. The molecule has 23 heavy (non-hydrogen) atoms. The van der Waals surface area contributed by atoms with Gasteiger partial charge in [0.1, 0.15) is 0 Å². The first kappa shape index (κ1) is 24.5. The average molecular weight is 406 g/mol. The van der Waals surface area contributed by atoms with Crippen molar-refractivity contribution in [3.05, 3.63) is 0 Å². The van der Waals surface area contributed by atoms with Crippen molar-refractivity contribution < 1.29 is 61.1 Å². The maximum Gasteiger partial charge on any atom is 0.461 e. The molecule has 1 unspecified atom stereocenters. The SMILES string of the molecule is CCCC(F)S(=O)(=O)O.O=S(=O)(O)C(F)(F)C(F)(F)C(F)(F)F. The Labute approximate surface area is 125 Å². The summed E-state index contributed by atoms with van der Waals surface area (Å²) in [6, 6.07) is 0. The lowest BCUT2D eigenvalue weighted by molar-refractivity contribution is -0.333. The molecule has 0 aromatic rings. The normalized spacial score (nSPS) is 15.6. The lowest BCUT2D eigenvalue weighted by Crippen LogP contribution is -2.55. The van der Waals surface area contributed by atoms with Gasteiger partial charge in [0.05, 0.1) is 0 Å². The van der Waals surface area contributed by atoms with Gasteiger partial charge in [-0.1, -0.05) is 13.3 Å². The van der Waals surface area contributed by atoms with Crippen LogP contribution in [0.4, 0.5) is 35.1 Å². The molecule has 0 heterocycles. The summed E-state index contributed by atoms with van der Waals surface area (Å²) in [6.07, 6.45) is -6.52. The predicted octanol–water partition coefficient (Wildman–Crippen LogP) is 2.63. The number of alkyl halides is 8. The van der Waals surface area contributed by atoms with Gasteiger partial charge < -0.3 is 0 Å². The van der Waals surface area contributed by atoms with E-state index in [-0.39, 0.29) is 6.42 Å². The van der Waals surface area contributed by atoms with Crippen LogP contribution in [0.3, 0.4) is 0 Å². The molecule has 0 radical (unpaired) electrons. The molecule has 0 saturated carbocycles. The van der Waals surface area contributed by atoms with Crippen molar-refractivity contribution in [2.75, 3.05) is 0 Å². The van der Waals surface area contributed by atoms with E-state index in [1.54, 1.807) is 6.92 Å². The molecule has 0 saturated heterocycles. The lowest BCUT2D eigenvalue weighted by atomic mass is 10.3. The summed E-state index contributed by atoms with van der Waals surface area (Å²) >= 11 is 0. The summed E-state index contributed by atoms with van der Waals surface area (Å²) in [4.78, 5) is 0. The van der Waals surface area contributed by atoms with Crippen LogP contribution in [-0.4, -0.2) is 48.8 Å². The third-order valence-electron chi connectivity index (χ3n) is 1.88. The van der Waals surface area contributed by atoms with Crippen molar-refractivity contribution in [3.63, 3.8) is 0 Å². The van der Waals surface area contributed by atoms with Gasteiger partial charge in [0.25, 0.3) is 10.1 Å². The van der Waals surface area contributed by atoms with Gasteiger partial charge in [-0.2, -0.15) is 47.6 Å². The van der Waals surface area contributed by atoms with Crippen LogP contribution in [0.2, 0.25) is 0 Å². The van der Waals surface area contributed by atoms with E-state index in [4.69, 9.17) is 9.11 Å². The molecule has 1 atom stereocenters. The monoisotopic (exact) mass is 406 g/mol. The molecular weight excluding hydrogens is 396 g/mol. The lowest BCUT2D eigenvalue weighted by Gasteiger charge is -2.25. The number of rotatable bonds is 5. The fraction of sp³-hybridized carbons (Fsp3) is 1.00. The van der Waals surface area contributed by atoms with Crippen LogP contribution in [0, 0.1) is 0 Å². The number of hydrogen-bond acceptors (Lipinski definition) is 4. The van der Waals surface area contributed by atoms with E-state index < -0.39 is 43.1 Å². The standard InChI is InChI=1S/C4H9FO3S.C3HF7O3S/c1-2-3-4(5)9(6,7)8;4-1(5,2(6,7)8)3(9,10)14(11,12)13/h4H,2-3H2,1H3,(H,6,7,8);(H,11,12,13). The Morgan fingerprint density at radius 3 is 1.35 bits per heavy atom. The van der Waals surface area contributed by atoms with Gasteiger partial charge >= 0.3 is 27.5 Å². The first-order valence-electron chi connectivity index (χ1n) is 5.13. The van der Waals surface area contributed by atoms with Crippen LogP contribution in [0.15, 0.2) is 0 Å². The molecule has 0 bridgehead atoms. The second kappa shape index (κ2) is 7.43. The number of hydrogen-bond donors (Lipinski definition) is 2. The maximum atomic E-state index is 12.1.